The monoisotopic (exact) mass is 349 g/mol. The molecule has 1 aliphatic heterocycles. The summed E-state index contributed by atoms with van der Waals surface area (Å²) in [5.41, 5.74) is 1.50. The molecule has 3 rings (SSSR count). The number of rotatable bonds is 4. The van der Waals surface area contributed by atoms with Crippen LogP contribution in [-0.4, -0.2) is 48.4 Å². The summed E-state index contributed by atoms with van der Waals surface area (Å²) < 4.78 is 24.5. The molecule has 0 spiro atoms. The van der Waals surface area contributed by atoms with Crippen molar-refractivity contribution in [2.45, 2.75) is 10.9 Å². The fraction of sp³-hybridized carbons (Fsp3) is 0.400. The smallest absolute Gasteiger partial charge is 0.229 e. The first kappa shape index (κ1) is 16.6. The number of sulfone groups is 1. The number of amides is 1. The van der Waals surface area contributed by atoms with Gasteiger partial charge in [0.1, 0.15) is 0 Å². The zero-order valence-electron chi connectivity index (χ0n) is 13.4. The van der Waals surface area contributed by atoms with Crippen LogP contribution in [0.1, 0.15) is 11.5 Å². The molecule has 1 amide bonds. The molecular formula is C15H19N5O3S. The van der Waals surface area contributed by atoms with E-state index in [-0.39, 0.29) is 22.8 Å². The second kappa shape index (κ2) is 6.33. The van der Waals surface area contributed by atoms with Gasteiger partial charge in [-0.2, -0.15) is 5.10 Å². The number of hydrogen-bond acceptors (Lipinski definition) is 6. The fourth-order valence-electron chi connectivity index (χ4n) is 2.84. The minimum Gasteiger partial charge on any atom is -0.324 e. The Labute approximate surface area is 140 Å². The third-order valence-corrected chi connectivity index (χ3v) is 5.09. The Kier molecular flexibility index (Phi) is 4.37. The predicted molar refractivity (Wildman–Crippen MR) is 88.3 cm³/mol. The number of carbonyl (C=O) groups excluding carboxylic acids is 1. The van der Waals surface area contributed by atoms with E-state index in [1.54, 1.807) is 16.9 Å². The van der Waals surface area contributed by atoms with Crippen molar-refractivity contribution in [3.63, 3.8) is 0 Å². The van der Waals surface area contributed by atoms with Gasteiger partial charge in [0, 0.05) is 38.5 Å². The van der Waals surface area contributed by atoms with Crippen LogP contribution < -0.4 is 10.6 Å². The lowest BCUT2D eigenvalue weighted by Gasteiger charge is -2.17. The molecule has 2 N–H and O–H groups in total. The Bertz CT molecular complexity index is 844. The van der Waals surface area contributed by atoms with Crippen LogP contribution in [-0.2, 0) is 21.7 Å². The lowest BCUT2D eigenvalue weighted by Crippen LogP contribution is -2.28. The number of aryl methyl sites for hydroxylation is 1. The molecule has 0 saturated carbocycles. The molecule has 24 heavy (non-hydrogen) atoms. The van der Waals surface area contributed by atoms with Gasteiger partial charge >= 0.3 is 0 Å². The highest BCUT2D eigenvalue weighted by Gasteiger charge is 2.34. The van der Waals surface area contributed by atoms with E-state index in [4.69, 9.17) is 0 Å². The lowest BCUT2D eigenvalue weighted by molar-refractivity contribution is -0.119. The van der Waals surface area contributed by atoms with Crippen LogP contribution in [0.3, 0.4) is 0 Å². The van der Waals surface area contributed by atoms with E-state index in [0.29, 0.717) is 12.2 Å². The SMILES string of the molecule is Cn1cc([C@H]2CNC[C@@H]2C(=O)Nc2ccc(S(C)(=O)=O)nc2)cn1. The first-order chi connectivity index (χ1) is 11.3. The normalized spacial score (nSPS) is 20.9. The molecule has 0 unspecified atom stereocenters. The van der Waals surface area contributed by atoms with Crippen molar-refractivity contribution < 1.29 is 13.2 Å². The molecule has 2 aromatic heterocycles. The van der Waals surface area contributed by atoms with E-state index in [0.717, 1.165) is 18.4 Å². The summed E-state index contributed by atoms with van der Waals surface area (Å²) in [5, 5.41) is 10.2. The molecule has 1 saturated heterocycles. The van der Waals surface area contributed by atoms with Crippen molar-refractivity contribution in [2.75, 3.05) is 24.7 Å². The highest BCUT2D eigenvalue weighted by Crippen LogP contribution is 2.28. The van der Waals surface area contributed by atoms with Crippen molar-refractivity contribution in [2.24, 2.45) is 13.0 Å². The van der Waals surface area contributed by atoms with Crippen molar-refractivity contribution in [1.29, 1.82) is 0 Å². The number of aromatic nitrogens is 3. The summed E-state index contributed by atoms with van der Waals surface area (Å²) in [7, 11) is -1.51. The molecule has 1 fully saturated rings. The highest BCUT2D eigenvalue weighted by molar-refractivity contribution is 7.90. The van der Waals surface area contributed by atoms with Gasteiger partial charge in [-0.25, -0.2) is 13.4 Å². The molecule has 0 bridgehead atoms. The lowest BCUT2D eigenvalue weighted by atomic mass is 9.90. The van der Waals surface area contributed by atoms with Crippen LogP contribution >= 0.6 is 0 Å². The minimum atomic E-state index is -3.35. The molecule has 0 radical (unpaired) electrons. The summed E-state index contributed by atoms with van der Waals surface area (Å²) in [6.07, 6.45) is 6.15. The van der Waals surface area contributed by atoms with Gasteiger partial charge in [0.15, 0.2) is 14.9 Å². The van der Waals surface area contributed by atoms with E-state index in [9.17, 15) is 13.2 Å². The molecule has 1 aliphatic rings. The van der Waals surface area contributed by atoms with E-state index in [1.165, 1.54) is 12.3 Å². The van der Waals surface area contributed by atoms with Gasteiger partial charge in [-0.3, -0.25) is 9.48 Å². The Hall–Kier alpha value is -2.26. The largest absolute Gasteiger partial charge is 0.324 e. The molecule has 0 aliphatic carbocycles. The molecular weight excluding hydrogens is 330 g/mol. The van der Waals surface area contributed by atoms with Crippen molar-refractivity contribution in [1.82, 2.24) is 20.1 Å². The molecule has 0 aromatic carbocycles. The maximum Gasteiger partial charge on any atom is 0.229 e. The number of anilines is 1. The Morgan fingerprint density at radius 1 is 1.33 bits per heavy atom. The summed E-state index contributed by atoms with van der Waals surface area (Å²) in [5.74, 6) is -0.284. The first-order valence-corrected chi connectivity index (χ1v) is 9.40. The van der Waals surface area contributed by atoms with Crippen LogP contribution in [0.4, 0.5) is 5.69 Å². The fourth-order valence-corrected chi connectivity index (χ4v) is 3.40. The van der Waals surface area contributed by atoms with Gasteiger partial charge in [-0.1, -0.05) is 0 Å². The maximum absolute atomic E-state index is 12.6. The standard InChI is InChI=1S/C15H19N5O3S/c1-20-9-10(5-18-20)12-7-16-8-13(12)15(21)19-11-3-4-14(17-6-11)24(2,22)23/h3-6,9,12-13,16H,7-8H2,1-2H3,(H,19,21)/t12-,13+/m1/s1. The zero-order chi connectivity index (χ0) is 17.3. The molecule has 9 heteroatoms. The van der Waals surface area contributed by atoms with Gasteiger partial charge < -0.3 is 10.6 Å². The van der Waals surface area contributed by atoms with Gasteiger partial charge in [0.05, 0.1) is 24.0 Å². The van der Waals surface area contributed by atoms with E-state index in [2.05, 4.69) is 20.7 Å². The highest BCUT2D eigenvalue weighted by atomic mass is 32.2. The van der Waals surface area contributed by atoms with Crippen molar-refractivity contribution in [3.8, 4) is 0 Å². The molecule has 8 nitrogen and oxygen atoms in total. The zero-order valence-corrected chi connectivity index (χ0v) is 14.2. The quantitative estimate of drug-likeness (QED) is 0.814. The number of hydrogen-bond donors (Lipinski definition) is 2. The van der Waals surface area contributed by atoms with Crippen LogP contribution in [0.2, 0.25) is 0 Å². The summed E-state index contributed by atoms with van der Waals surface area (Å²) in [6.45, 7) is 1.30. The molecule has 2 aromatic rings. The number of pyridine rings is 1. The topological polar surface area (TPSA) is 106 Å². The Morgan fingerprint density at radius 3 is 2.71 bits per heavy atom. The molecule has 2 atom stereocenters. The third kappa shape index (κ3) is 3.46. The van der Waals surface area contributed by atoms with Crippen molar-refractivity contribution in [3.05, 3.63) is 36.3 Å². The van der Waals surface area contributed by atoms with Gasteiger partial charge in [-0.05, 0) is 17.7 Å². The average molecular weight is 349 g/mol. The van der Waals surface area contributed by atoms with Gasteiger partial charge in [0.2, 0.25) is 5.91 Å². The predicted octanol–water partition coefficient (Wildman–Crippen LogP) is 0.160. The van der Waals surface area contributed by atoms with E-state index < -0.39 is 9.84 Å². The van der Waals surface area contributed by atoms with Crippen LogP contribution in [0, 0.1) is 5.92 Å². The first-order valence-electron chi connectivity index (χ1n) is 7.51. The Balaban J connectivity index is 1.72. The summed E-state index contributed by atoms with van der Waals surface area (Å²) in [4.78, 5) is 16.4. The number of nitrogens with one attached hydrogen (secondary N) is 2. The van der Waals surface area contributed by atoms with Gasteiger partial charge in [-0.15, -0.1) is 0 Å². The second-order valence-electron chi connectivity index (χ2n) is 5.97. The minimum absolute atomic E-state index is 0.0173. The Morgan fingerprint density at radius 2 is 2.12 bits per heavy atom. The summed E-state index contributed by atoms with van der Waals surface area (Å²) >= 11 is 0. The van der Waals surface area contributed by atoms with Crippen LogP contribution in [0.15, 0.2) is 35.7 Å². The summed E-state index contributed by atoms with van der Waals surface area (Å²) in [6, 6.07) is 2.93. The third-order valence-electron chi connectivity index (χ3n) is 4.09. The number of carbonyl (C=O) groups is 1. The van der Waals surface area contributed by atoms with E-state index in [1.807, 2.05) is 13.2 Å². The van der Waals surface area contributed by atoms with Crippen molar-refractivity contribution >= 4 is 21.4 Å². The maximum atomic E-state index is 12.6. The average Bonchev–Trinajstić information content (AvgIpc) is 3.15. The van der Waals surface area contributed by atoms with Gasteiger partial charge in [0.25, 0.3) is 0 Å². The second-order valence-corrected chi connectivity index (χ2v) is 7.93. The molecule has 128 valence electrons. The molecule has 3 heterocycles. The number of nitrogens with zero attached hydrogens (tertiary/aromatic N) is 3. The van der Waals surface area contributed by atoms with Crippen LogP contribution in [0.25, 0.3) is 0 Å². The van der Waals surface area contributed by atoms with E-state index >= 15 is 0 Å². The van der Waals surface area contributed by atoms with Crippen LogP contribution in [0.5, 0.6) is 0 Å².